The number of hydrogen-bond donors (Lipinski definition) is 0. The van der Waals surface area contributed by atoms with Crippen molar-refractivity contribution in [1.82, 2.24) is 0 Å². The number of rotatable bonds is 4. The summed E-state index contributed by atoms with van der Waals surface area (Å²) in [6, 6.07) is 21.9. The number of thiophene rings is 1. The predicted octanol–water partition coefficient (Wildman–Crippen LogP) is 4.87. The standard InChI is InChI=1S/C18H15NOS2/c1-14-7-10-17(11-8-14)22(20)19-13-16-9-12-18(21-16)15-5-3-2-4-6-15/h2-13H,1H3/b19-13+. The molecule has 0 aliphatic rings. The van der Waals surface area contributed by atoms with Gasteiger partial charge in [-0.05, 0) is 36.8 Å². The lowest BCUT2D eigenvalue weighted by atomic mass is 10.2. The SMILES string of the molecule is Cc1ccc([S+]([O-])/N=C/c2ccc(-c3ccccc3)s2)cc1. The monoisotopic (exact) mass is 325 g/mol. The summed E-state index contributed by atoms with van der Waals surface area (Å²) in [5.41, 5.74) is 2.34. The molecule has 0 amide bonds. The summed E-state index contributed by atoms with van der Waals surface area (Å²) in [6.07, 6.45) is 1.69. The molecule has 0 aliphatic heterocycles. The van der Waals surface area contributed by atoms with Crippen molar-refractivity contribution in [2.24, 2.45) is 4.40 Å². The molecular formula is C18H15NOS2. The van der Waals surface area contributed by atoms with Crippen LogP contribution < -0.4 is 0 Å². The highest BCUT2D eigenvalue weighted by atomic mass is 32.2. The Bertz CT molecular complexity index is 763. The first kappa shape index (κ1) is 15.0. The minimum Gasteiger partial charge on any atom is -0.586 e. The van der Waals surface area contributed by atoms with Crippen molar-refractivity contribution in [3.63, 3.8) is 0 Å². The van der Waals surface area contributed by atoms with E-state index in [0.29, 0.717) is 0 Å². The zero-order valence-corrected chi connectivity index (χ0v) is 13.7. The molecule has 1 heterocycles. The van der Waals surface area contributed by atoms with Crippen LogP contribution in [0.4, 0.5) is 0 Å². The summed E-state index contributed by atoms with van der Waals surface area (Å²) in [5.74, 6) is 0. The van der Waals surface area contributed by atoms with Crippen LogP contribution in [0.2, 0.25) is 0 Å². The van der Waals surface area contributed by atoms with Crippen molar-refractivity contribution in [3.8, 4) is 10.4 Å². The molecule has 0 radical (unpaired) electrons. The third-order valence-corrected chi connectivity index (χ3v) is 5.22. The lowest BCUT2D eigenvalue weighted by molar-refractivity contribution is 0.597. The maximum absolute atomic E-state index is 12.1. The molecule has 0 N–H and O–H groups in total. The van der Waals surface area contributed by atoms with Crippen LogP contribution in [0, 0.1) is 6.92 Å². The van der Waals surface area contributed by atoms with Crippen molar-refractivity contribution >= 4 is 28.9 Å². The zero-order valence-electron chi connectivity index (χ0n) is 12.1. The van der Waals surface area contributed by atoms with E-state index in [1.54, 1.807) is 17.6 Å². The molecule has 0 bridgehead atoms. The smallest absolute Gasteiger partial charge is 0.182 e. The van der Waals surface area contributed by atoms with E-state index in [4.69, 9.17) is 0 Å². The van der Waals surface area contributed by atoms with Crippen molar-refractivity contribution in [1.29, 1.82) is 0 Å². The lowest BCUT2D eigenvalue weighted by Gasteiger charge is -2.02. The zero-order chi connectivity index (χ0) is 15.4. The Morgan fingerprint density at radius 3 is 2.41 bits per heavy atom. The highest BCUT2D eigenvalue weighted by Gasteiger charge is 2.09. The Hall–Kier alpha value is -1.88. The summed E-state index contributed by atoms with van der Waals surface area (Å²) in [5, 5.41) is 0. The van der Waals surface area contributed by atoms with Gasteiger partial charge in [-0.2, -0.15) is 0 Å². The van der Waals surface area contributed by atoms with Crippen molar-refractivity contribution in [2.75, 3.05) is 0 Å². The molecule has 0 saturated carbocycles. The first-order chi connectivity index (χ1) is 10.7. The van der Waals surface area contributed by atoms with E-state index in [9.17, 15) is 4.55 Å². The van der Waals surface area contributed by atoms with Gasteiger partial charge in [-0.1, -0.05) is 52.4 Å². The van der Waals surface area contributed by atoms with Crippen molar-refractivity contribution < 1.29 is 4.55 Å². The van der Waals surface area contributed by atoms with Crippen LogP contribution in [0.15, 0.2) is 76.0 Å². The highest BCUT2D eigenvalue weighted by molar-refractivity contribution is 7.90. The molecule has 1 unspecified atom stereocenters. The molecule has 2 nitrogen and oxygen atoms in total. The fourth-order valence-corrected chi connectivity index (χ4v) is 3.65. The maximum Gasteiger partial charge on any atom is 0.182 e. The third kappa shape index (κ3) is 3.65. The molecule has 1 aromatic heterocycles. The quantitative estimate of drug-likeness (QED) is 0.498. The second-order valence-corrected chi connectivity index (χ2v) is 7.16. The van der Waals surface area contributed by atoms with Crippen LogP contribution in [0.25, 0.3) is 10.4 Å². The number of nitrogens with zero attached hydrogens (tertiary/aromatic N) is 1. The molecule has 22 heavy (non-hydrogen) atoms. The normalized spacial score (nSPS) is 12.6. The Kier molecular flexibility index (Phi) is 4.73. The predicted molar refractivity (Wildman–Crippen MR) is 94.9 cm³/mol. The summed E-state index contributed by atoms with van der Waals surface area (Å²) >= 11 is 0.291. The van der Waals surface area contributed by atoms with E-state index >= 15 is 0 Å². The summed E-state index contributed by atoms with van der Waals surface area (Å²) in [4.78, 5) is 2.91. The van der Waals surface area contributed by atoms with Gasteiger partial charge in [0.2, 0.25) is 0 Å². The van der Waals surface area contributed by atoms with Crippen LogP contribution in [0.1, 0.15) is 10.4 Å². The first-order valence-electron chi connectivity index (χ1n) is 6.90. The minimum atomic E-state index is -1.35. The molecule has 0 spiro atoms. The molecule has 0 saturated heterocycles. The van der Waals surface area contributed by atoms with Crippen LogP contribution in [0.5, 0.6) is 0 Å². The fraction of sp³-hybridized carbons (Fsp3) is 0.0556. The maximum atomic E-state index is 12.1. The van der Waals surface area contributed by atoms with Gasteiger partial charge in [0, 0.05) is 4.88 Å². The van der Waals surface area contributed by atoms with E-state index in [1.807, 2.05) is 55.5 Å². The van der Waals surface area contributed by atoms with Crippen LogP contribution in [-0.4, -0.2) is 10.8 Å². The molecule has 4 heteroatoms. The molecule has 3 aromatic rings. The molecular weight excluding hydrogens is 310 g/mol. The molecule has 0 fully saturated rings. The average Bonchev–Trinajstić information content (AvgIpc) is 3.03. The van der Waals surface area contributed by atoms with Crippen LogP contribution in [0.3, 0.4) is 0 Å². The Balaban J connectivity index is 1.73. The van der Waals surface area contributed by atoms with Crippen LogP contribution >= 0.6 is 11.3 Å². The average molecular weight is 325 g/mol. The topological polar surface area (TPSA) is 35.4 Å². The van der Waals surface area contributed by atoms with Gasteiger partial charge < -0.3 is 4.55 Å². The van der Waals surface area contributed by atoms with Gasteiger partial charge in [0.15, 0.2) is 4.90 Å². The molecule has 3 rings (SSSR count). The van der Waals surface area contributed by atoms with Gasteiger partial charge in [-0.3, -0.25) is 0 Å². The second-order valence-electron chi connectivity index (χ2n) is 4.86. The van der Waals surface area contributed by atoms with Gasteiger partial charge >= 0.3 is 0 Å². The lowest BCUT2D eigenvalue weighted by Crippen LogP contribution is -1.97. The fourth-order valence-electron chi connectivity index (χ4n) is 2.00. The van der Waals surface area contributed by atoms with Crippen molar-refractivity contribution in [3.05, 3.63) is 77.2 Å². The Morgan fingerprint density at radius 2 is 1.68 bits per heavy atom. The van der Waals surface area contributed by atoms with Gasteiger partial charge in [0.25, 0.3) is 0 Å². The minimum absolute atomic E-state index is 0.724. The van der Waals surface area contributed by atoms with E-state index < -0.39 is 11.4 Å². The second kappa shape index (κ2) is 6.92. The molecule has 1 atom stereocenters. The summed E-state index contributed by atoms with van der Waals surface area (Å²) in [7, 11) is 0. The Morgan fingerprint density at radius 1 is 0.955 bits per heavy atom. The van der Waals surface area contributed by atoms with Crippen molar-refractivity contribution in [2.45, 2.75) is 11.8 Å². The highest BCUT2D eigenvalue weighted by Crippen LogP contribution is 2.27. The molecule has 2 aromatic carbocycles. The number of aryl methyl sites for hydroxylation is 1. The summed E-state index contributed by atoms with van der Waals surface area (Å²) < 4.78 is 16.3. The van der Waals surface area contributed by atoms with E-state index in [1.165, 1.54) is 10.4 Å². The number of benzene rings is 2. The third-order valence-electron chi connectivity index (χ3n) is 3.18. The van der Waals surface area contributed by atoms with E-state index in [2.05, 4.69) is 22.6 Å². The summed E-state index contributed by atoms with van der Waals surface area (Å²) in [6.45, 7) is 2.01. The van der Waals surface area contributed by atoms with Gasteiger partial charge in [-0.25, -0.2) is 0 Å². The van der Waals surface area contributed by atoms with E-state index in [-0.39, 0.29) is 0 Å². The molecule has 0 aliphatic carbocycles. The van der Waals surface area contributed by atoms with Crippen LogP contribution in [-0.2, 0) is 11.4 Å². The number of hydrogen-bond acceptors (Lipinski definition) is 3. The van der Waals surface area contributed by atoms with Gasteiger partial charge in [-0.15, -0.1) is 11.3 Å². The van der Waals surface area contributed by atoms with E-state index in [0.717, 1.165) is 15.3 Å². The van der Waals surface area contributed by atoms with Gasteiger partial charge in [0.1, 0.15) is 11.4 Å². The van der Waals surface area contributed by atoms with Gasteiger partial charge in [0.05, 0.1) is 11.1 Å². The molecule has 110 valence electrons. The first-order valence-corrected chi connectivity index (χ1v) is 8.82. The Labute approximate surface area is 137 Å². The largest absolute Gasteiger partial charge is 0.586 e.